The van der Waals surface area contributed by atoms with Crippen molar-refractivity contribution in [2.75, 3.05) is 0 Å². The summed E-state index contributed by atoms with van der Waals surface area (Å²) in [6.07, 6.45) is 0. The highest BCUT2D eigenvalue weighted by Gasteiger charge is 2.19. The Labute approximate surface area is 89.6 Å². The average Bonchev–Trinajstić information content (AvgIpc) is 2.46. The van der Waals surface area contributed by atoms with Gasteiger partial charge in [0.15, 0.2) is 0 Å². The first kappa shape index (κ1) is 9.98. The lowest BCUT2D eigenvalue weighted by Crippen LogP contribution is -2.32. The van der Waals surface area contributed by atoms with Crippen molar-refractivity contribution in [2.24, 2.45) is 0 Å². The zero-order valence-corrected chi connectivity index (χ0v) is 8.65. The molecule has 0 aliphatic rings. The molecule has 0 amide bonds. The van der Waals surface area contributed by atoms with Crippen LogP contribution in [0.5, 0.6) is 0 Å². The highest BCUT2D eigenvalue weighted by atomic mass is 32.2. The van der Waals surface area contributed by atoms with Gasteiger partial charge in [0.05, 0.1) is 8.91 Å². The van der Waals surface area contributed by atoms with Crippen molar-refractivity contribution >= 4 is 46.6 Å². The van der Waals surface area contributed by atoms with E-state index in [4.69, 9.17) is 10.0 Å². The first-order valence-electron chi connectivity index (χ1n) is 3.86. The predicted octanol–water partition coefficient (Wildman–Crippen LogP) is 1.01. The summed E-state index contributed by atoms with van der Waals surface area (Å²) in [6, 6.07) is 4.74. The molecule has 0 radical (unpaired) electrons. The van der Waals surface area contributed by atoms with Crippen molar-refractivity contribution in [3.8, 4) is 0 Å². The Kier molecular flexibility index (Phi) is 2.53. The first-order valence-corrected chi connectivity index (χ1v) is 5.13. The van der Waals surface area contributed by atoms with Gasteiger partial charge in [0, 0.05) is 5.46 Å². The topological polar surface area (TPSA) is 40.5 Å². The van der Waals surface area contributed by atoms with Gasteiger partial charge in [-0.1, -0.05) is 12.1 Å². The lowest BCUT2D eigenvalue weighted by Gasteiger charge is -2.01. The van der Waals surface area contributed by atoms with Crippen molar-refractivity contribution in [2.45, 2.75) is 4.21 Å². The first-order chi connectivity index (χ1) is 6.59. The molecule has 2 rings (SSSR count). The molecule has 0 saturated heterocycles. The molecule has 0 aliphatic carbocycles. The molecular formula is C8H6BFO2S2. The van der Waals surface area contributed by atoms with E-state index in [2.05, 4.69) is 12.6 Å². The molecule has 1 aromatic carbocycles. The molecule has 0 bridgehead atoms. The number of benzene rings is 1. The van der Waals surface area contributed by atoms with Crippen LogP contribution in [0.4, 0.5) is 4.39 Å². The molecular weight excluding hydrogens is 222 g/mol. The number of rotatable bonds is 1. The van der Waals surface area contributed by atoms with Gasteiger partial charge in [0.1, 0.15) is 5.82 Å². The number of halogens is 1. The number of hydrogen-bond donors (Lipinski definition) is 3. The zero-order valence-electron chi connectivity index (χ0n) is 6.94. The minimum atomic E-state index is -1.77. The molecule has 0 spiro atoms. The normalized spacial score (nSPS) is 10.9. The summed E-state index contributed by atoms with van der Waals surface area (Å²) in [5.41, 5.74) is -0.104. The highest BCUT2D eigenvalue weighted by molar-refractivity contribution is 7.83. The van der Waals surface area contributed by atoms with Crippen molar-refractivity contribution < 1.29 is 14.4 Å². The molecule has 0 unspecified atom stereocenters. The molecule has 1 aromatic heterocycles. The molecule has 2 nitrogen and oxygen atoms in total. The quantitative estimate of drug-likeness (QED) is 0.503. The van der Waals surface area contributed by atoms with Gasteiger partial charge >= 0.3 is 7.12 Å². The van der Waals surface area contributed by atoms with Crippen LogP contribution in [-0.4, -0.2) is 17.2 Å². The fraction of sp³-hybridized carbons (Fsp3) is 0. The summed E-state index contributed by atoms with van der Waals surface area (Å²) >= 11 is 5.28. The third-order valence-corrected chi connectivity index (χ3v) is 3.27. The van der Waals surface area contributed by atoms with Crippen LogP contribution in [0.15, 0.2) is 22.4 Å². The number of thiophene rings is 1. The fourth-order valence-corrected chi connectivity index (χ4v) is 2.53. The minimum Gasteiger partial charge on any atom is -0.423 e. The van der Waals surface area contributed by atoms with Crippen LogP contribution < -0.4 is 5.46 Å². The minimum absolute atomic E-state index is 0.104. The van der Waals surface area contributed by atoms with Crippen LogP contribution in [0, 0.1) is 5.82 Å². The Morgan fingerprint density at radius 1 is 1.36 bits per heavy atom. The van der Waals surface area contributed by atoms with Crippen molar-refractivity contribution in [3.63, 3.8) is 0 Å². The van der Waals surface area contributed by atoms with Crippen LogP contribution in [0.3, 0.4) is 0 Å². The SMILES string of the molecule is OB(O)c1ccc2cc(S)sc2c1F. The fourth-order valence-electron chi connectivity index (χ4n) is 1.27. The summed E-state index contributed by atoms with van der Waals surface area (Å²) in [6.45, 7) is 0. The maximum atomic E-state index is 13.6. The average molecular weight is 228 g/mol. The van der Waals surface area contributed by atoms with Gasteiger partial charge in [-0.3, -0.25) is 0 Å². The van der Waals surface area contributed by atoms with E-state index in [-0.39, 0.29) is 5.46 Å². The lowest BCUT2D eigenvalue weighted by molar-refractivity contribution is 0.423. The van der Waals surface area contributed by atoms with Crippen LogP contribution in [-0.2, 0) is 0 Å². The third kappa shape index (κ3) is 1.54. The Morgan fingerprint density at radius 2 is 2.07 bits per heavy atom. The van der Waals surface area contributed by atoms with E-state index >= 15 is 0 Å². The molecule has 2 aromatic rings. The molecule has 14 heavy (non-hydrogen) atoms. The summed E-state index contributed by atoms with van der Waals surface area (Å²) in [7, 11) is -1.77. The molecule has 6 heteroatoms. The molecule has 2 N–H and O–H groups in total. The van der Waals surface area contributed by atoms with Gasteiger partial charge < -0.3 is 10.0 Å². The van der Waals surface area contributed by atoms with Gasteiger partial charge in [-0.25, -0.2) is 4.39 Å². The molecule has 0 fully saturated rings. The summed E-state index contributed by atoms with van der Waals surface area (Å²) < 4.78 is 14.7. The third-order valence-electron chi connectivity index (χ3n) is 1.92. The van der Waals surface area contributed by atoms with Gasteiger partial charge in [0.25, 0.3) is 0 Å². The van der Waals surface area contributed by atoms with E-state index in [1.165, 1.54) is 17.4 Å². The summed E-state index contributed by atoms with van der Waals surface area (Å²) in [4.78, 5) is 0. The van der Waals surface area contributed by atoms with Crippen molar-refractivity contribution in [1.82, 2.24) is 0 Å². The Bertz CT molecular complexity index is 483. The molecule has 0 atom stereocenters. The highest BCUT2D eigenvalue weighted by Crippen LogP contribution is 2.29. The summed E-state index contributed by atoms with van der Waals surface area (Å²) in [5.74, 6) is -0.581. The molecule has 72 valence electrons. The van der Waals surface area contributed by atoms with Crippen LogP contribution in [0.25, 0.3) is 10.1 Å². The van der Waals surface area contributed by atoms with Crippen LogP contribution in [0.1, 0.15) is 0 Å². The molecule has 1 heterocycles. The van der Waals surface area contributed by atoms with E-state index in [1.807, 2.05) is 0 Å². The van der Waals surface area contributed by atoms with Crippen molar-refractivity contribution in [1.29, 1.82) is 0 Å². The number of hydrogen-bond acceptors (Lipinski definition) is 4. The number of thiol groups is 1. The number of fused-ring (bicyclic) bond motifs is 1. The van der Waals surface area contributed by atoms with Crippen molar-refractivity contribution in [3.05, 3.63) is 24.0 Å². The van der Waals surface area contributed by atoms with Crippen LogP contribution >= 0.6 is 24.0 Å². The summed E-state index contributed by atoms with van der Waals surface area (Å²) in [5, 5.41) is 18.5. The van der Waals surface area contributed by atoms with E-state index in [1.54, 1.807) is 12.1 Å². The van der Waals surface area contributed by atoms with Gasteiger partial charge in [-0.05, 0) is 11.5 Å². The maximum Gasteiger partial charge on any atom is 0.491 e. The standard InChI is InChI=1S/C8H6BFO2S2/c10-7-5(9(11)12)2-1-4-3-6(13)14-8(4)7/h1-3,11-13H. The van der Waals surface area contributed by atoms with E-state index in [9.17, 15) is 4.39 Å². The Hall–Kier alpha value is -0.555. The Morgan fingerprint density at radius 3 is 2.71 bits per heavy atom. The van der Waals surface area contributed by atoms with E-state index in [0.717, 1.165) is 5.39 Å². The molecule has 0 saturated carbocycles. The Balaban J connectivity index is 2.74. The maximum absolute atomic E-state index is 13.6. The monoisotopic (exact) mass is 228 g/mol. The van der Waals surface area contributed by atoms with Crippen LogP contribution in [0.2, 0.25) is 0 Å². The predicted molar refractivity (Wildman–Crippen MR) is 58.9 cm³/mol. The van der Waals surface area contributed by atoms with Gasteiger partial charge in [-0.15, -0.1) is 24.0 Å². The lowest BCUT2D eigenvalue weighted by atomic mass is 9.80. The second kappa shape index (κ2) is 3.54. The second-order valence-electron chi connectivity index (χ2n) is 2.85. The largest absolute Gasteiger partial charge is 0.491 e. The second-order valence-corrected chi connectivity index (χ2v) is 4.68. The zero-order chi connectivity index (χ0) is 10.3. The smallest absolute Gasteiger partial charge is 0.423 e. The van der Waals surface area contributed by atoms with Gasteiger partial charge in [-0.2, -0.15) is 0 Å². The molecule has 0 aliphatic heterocycles. The van der Waals surface area contributed by atoms with Gasteiger partial charge in [0.2, 0.25) is 0 Å². The van der Waals surface area contributed by atoms with E-state index < -0.39 is 12.9 Å². The van der Waals surface area contributed by atoms with E-state index in [0.29, 0.717) is 8.91 Å².